The lowest BCUT2D eigenvalue weighted by Crippen LogP contribution is -2.16. The highest BCUT2D eigenvalue weighted by molar-refractivity contribution is 7.89. The van der Waals surface area contributed by atoms with E-state index in [0.29, 0.717) is 5.02 Å². The van der Waals surface area contributed by atoms with E-state index in [2.05, 4.69) is 10.3 Å². The molecular formula is C12H9ClFN3O3S. The van der Waals surface area contributed by atoms with Crippen molar-refractivity contribution in [2.24, 2.45) is 5.14 Å². The number of benzene rings is 1. The van der Waals surface area contributed by atoms with Crippen LogP contribution in [-0.4, -0.2) is 19.3 Å². The number of nitrogens with zero attached hydrogens (tertiary/aromatic N) is 1. The van der Waals surface area contributed by atoms with Crippen molar-refractivity contribution in [2.45, 2.75) is 4.90 Å². The van der Waals surface area contributed by atoms with Gasteiger partial charge >= 0.3 is 0 Å². The molecule has 0 aliphatic heterocycles. The minimum Gasteiger partial charge on any atom is -0.321 e. The second kappa shape index (κ2) is 5.76. The molecule has 0 aliphatic rings. The maximum absolute atomic E-state index is 13.6. The highest BCUT2D eigenvalue weighted by Gasteiger charge is 2.15. The number of carbonyl (C=O) groups excluding carboxylic acids is 1. The number of hydrogen-bond acceptors (Lipinski definition) is 4. The number of aromatic nitrogens is 1. The van der Waals surface area contributed by atoms with E-state index in [0.717, 1.165) is 12.1 Å². The number of amides is 1. The van der Waals surface area contributed by atoms with Crippen LogP contribution in [0.2, 0.25) is 5.02 Å². The van der Waals surface area contributed by atoms with E-state index in [1.54, 1.807) is 0 Å². The Morgan fingerprint density at radius 3 is 2.52 bits per heavy atom. The smallest absolute Gasteiger partial charge is 0.274 e. The maximum Gasteiger partial charge on any atom is 0.274 e. The topological polar surface area (TPSA) is 102 Å². The van der Waals surface area contributed by atoms with Gasteiger partial charge in [-0.3, -0.25) is 4.79 Å². The van der Waals surface area contributed by atoms with Crippen LogP contribution in [0.25, 0.3) is 0 Å². The predicted molar refractivity (Wildman–Crippen MR) is 75.0 cm³/mol. The molecular weight excluding hydrogens is 321 g/mol. The van der Waals surface area contributed by atoms with Crippen LogP contribution in [0.4, 0.5) is 10.1 Å². The molecule has 0 fully saturated rings. The number of halogens is 2. The summed E-state index contributed by atoms with van der Waals surface area (Å²) < 4.78 is 35.7. The number of nitrogens with one attached hydrogen (secondary N) is 1. The molecule has 2 aromatic rings. The number of primary sulfonamides is 1. The Morgan fingerprint density at radius 1 is 1.29 bits per heavy atom. The summed E-state index contributed by atoms with van der Waals surface area (Å²) in [6.07, 6.45) is 1.29. The summed E-state index contributed by atoms with van der Waals surface area (Å²) >= 11 is 5.64. The van der Waals surface area contributed by atoms with Gasteiger partial charge in [-0.1, -0.05) is 11.6 Å². The number of hydrogen-bond donors (Lipinski definition) is 2. The molecule has 0 bridgehead atoms. The van der Waals surface area contributed by atoms with Crippen molar-refractivity contribution in [3.8, 4) is 0 Å². The fraction of sp³-hybridized carbons (Fsp3) is 0. The van der Waals surface area contributed by atoms with Crippen LogP contribution in [0.5, 0.6) is 0 Å². The van der Waals surface area contributed by atoms with Gasteiger partial charge in [0.2, 0.25) is 10.0 Å². The van der Waals surface area contributed by atoms with Crippen LogP contribution >= 0.6 is 11.6 Å². The van der Waals surface area contributed by atoms with Crippen molar-refractivity contribution >= 4 is 33.2 Å². The molecule has 0 aliphatic carbocycles. The number of rotatable bonds is 3. The SMILES string of the molecule is NS(=O)(=O)c1ccc(NC(=O)c2ccc(Cl)cn2)cc1F. The van der Waals surface area contributed by atoms with E-state index in [1.807, 2.05) is 0 Å². The van der Waals surface area contributed by atoms with Crippen LogP contribution in [-0.2, 0) is 10.0 Å². The average molecular weight is 330 g/mol. The lowest BCUT2D eigenvalue weighted by atomic mass is 10.3. The molecule has 0 atom stereocenters. The van der Waals surface area contributed by atoms with Gasteiger partial charge in [-0.05, 0) is 30.3 Å². The Bertz CT molecular complexity index is 794. The van der Waals surface area contributed by atoms with Gasteiger partial charge in [0.05, 0.1) is 5.02 Å². The number of sulfonamides is 1. The molecule has 0 unspecified atom stereocenters. The Balaban J connectivity index is 2.22. The number of nitrogens with two attached hydrogens (primary N) is 1. The second-order valence-corrected chi connectivity index (χ2v) is 5.97. The summed E-state index contributed by atoms with van der Waals surface area (Å²) in [5.41, 5.74) is 0.150. The lowest BCUT2D eigenvalue weighted by Gasteiger charge is -2.06. The van der Waals surface area contributed by atoms with Gasteiger partial charge in [0, 0.05) is 11.9 Å². The zero-order valence-corrected chi connectivity index (χ0v) is 12.0. The Kier molecular flexibility index (Phi) is 4.21. The maximum atomic E-state index is 13.6. The molecule has 1 amide bonds. The Morgan fingerprint density at radius 2 is 2.00 bits per heavy atom. The summed E-state index contributed by atoms with van der Waals surface area (Å²) in [6.45, 7) is 0. The molecule has 3 N–H and O–H groups in total. The van der Waals surface area contributed by atoms with E-state index in [9.17, 15) is 17.6 Å². The Hall–Kier alpha value is -2.03. The molecule has 2 rings (SSSR count). The lowest BCUT2D eigenvalue weighted by molar-refractivity contribution is 0.102. The monoisotopic (exact) mass is 329 g/mol. The highest BCUT2D eigenvalue weighted by atomic mass is 35.5. The molecule has 0 radical (unpaired) electrons. The minimum atomic E-state index is -4.15. The van der Waals surface area contributed by atoms with Gasteiger partial charge in [0.15, 0.2) is 0 Å². The van der Waals surface area contributed by atoms with Crippen LogP contribution < -0.4 is 10.5 Å². The van der Waals surface area contributed by atoms with Gasteiger partial charge in [0.1, 0.15) is 16.4 Å². The third-order valence-corrected chi connectivity index (χ3v) is 3.62. The quantitative estimate of drug-likeness (QED) is 0.895. The molecule has 0 spiro atoms. The molecule has 9 heteroatoms. The van der Waals surface area contributed by atoms with Gasteiger partial charge in [-0.25, -0.2) is 22.9 Å². The zero-order valence-electron chi connectivity index (χ0n) is 10.4. The van der Waals surface area contributed by atoms with Crippen molar-refractivity contribution in [1.29, 1.82) is 0 Å². The largest absolute Gasteiger partial charge is 0.321 e. The summed E-state index contributed by atoms with van der Waals surface area (Å²) in [5, 5.41) is 7.58. The highest BCUT2D eigenvalue weighted by Crippen LogP contribution is 2.18. The van der Waals surface area contributed by atoms with Crippen LogP contribution in [0.3, 0.4) is 0 Å². The van der Waals surface area contributed by atoms with Crippen molar-refractivity contribution in [3.05, 3.63) is 53.1 Å². The summed E-state index contributed by atoms with van der Waals surface area (Å²) in [6, 6.07) is 5.92. The molecule has 1 aromatic heterocycles. The molecule has 6 nitrogen and oxygen atoms in total. The van der Waals surface area contributed by atoms with Crippen molar-refractivity contribution in [1.82, 2.24) is 4.98 Å². The minimum absolute atomic E-state index is 0.0710. The molecule has 0 saturated carbocycles. The fourth-order valence-electron chi connectivity index (χ4n) is 1.51. The van der Waals surface area contributed by atoms with Crippen molar-refractivity contribution in [2.75, 3.05) is 5.32 Å². The first-order chi connectivity index (χ1) is 9.77. The van der Waals surface area contributed by atoms with Crippen molar-refractivity contribution in [3.63, 3.8) is 0 Å². The van der Waals surface area contributed by atoms with Gasteiger partial charge in [-0.2, -0.15) is 0 Å². The number of anilines is 1. The predicted octanol–water partition coefficient (Wildman–Crippen LogP) is 1.77. The molecule has 1 aromatic carbocycles. The van der Waals surface area contributed by atoms with E-state index in [4.69, 9.17) is 16.7 Å². The average Bonchev–Trinajstić information content (AvgIpc) is 2.37. The van der Waals surface area contributed by atoms with E-state index < -0.39 is 26.6 Å². The molecule has 21 heavy (non-hydrogen) atoms. The first-order valence-electron chi connectivity index (χ1n) is 5.52. The summed E-state index contributed by atoms with van der Waals surface area (Å²) in [5.74, 6) is -1.64. The fourth-order valence-corrected chi connectivity index (χ4v) is 2.21. The summed E-state index contributed by atoms with van der Waals surface area (Å²) in [7, 11) is -4.15. The van der Waals surface area contributed by atoms with Crippen molar-refractivity contribution < 1.29 is 17.6 Å². The molecule has 110 valence electrons. The van der Waals surface area contributed by atoms with E-state index in [1.165, 1.54) is 24.4 Å². The first kappa shape index (κ1) is 15.4. The second-order valence-electron chi connectivity index (χ2n) is 4.01. The zero-order chi connectivity index (χ0) is 15.6. The van der Waals surface area contributed by atoms with E-state index >= 15 is 0 Å². The van der Waals surface area contributed by atoms with Gasteiger partial charge in [0.25, 0.3) is 5.91 Å². The first-order valence-corrected chi connectivity index (χ1v) is 7.45. The van der Waals surface area contributed by atoms with Crippen LogP contribution in [0.1, 0.15) is 10.5 Å². The normalized spacial score (nSPS) is 11.2. The molecule has 0 saturated heterocycles. The Labute approximate surface area is 124 Å². The summed E-state index contributed by atoms with van der Waals surface area (Å²) in [4.78, 5) is 15.0. The molecule has 1 heterocycles. The van der Waals surface area contributed by atoms with Crippen LogP contribution in [0, 0.1) is 5.82 Å². The standard InChI is InChI=1S/C12H9ClFN3O3S/c13-7-1-3-10(16-6-7)12(18)17-8-2-4-11(9(14)5-8)21(15,19)20/h1-6H,(H,17,18)(H2,15,19,20). The number of carbonyl (C=O) groups is 1. The third-order valence-electron chi connectivity index (χ3n) is 2.46. The van der Waals surface area contributed by atoms with Gasteiger partial charge < -0.3 is 5.32 Å². The third kappa shape index (κ3) is 3.75. The van der Waals surface area contributed by atoms with Crippen LogP contribution in [0.15, 0.2) is 41.4 Å². The number of pyridine rings is 1. The van der Waals surface area contributed by atoms with E-state index in [-0.39, 0.29) is 11.4 Å². The van der Waals surface area contributed by atoms with Gasteiger partial charge in [-0.15, -0.1) is 0 Å².